The Morgan fingerprint density at radius 3 is 2.33 bits per heavy atom. The van der Waals surface area contributed by atoms with Crippen LogP contribution in [0.4, 0.5) is 0 Å². The van der Waals surface area contributed by atoms with Gasteiger partial charge >= 0.3 is 0 Å². The monoisotopic (exact) mass is 260 g/mol. The van der Waals surface area contributed by atoms with E-state index in [2.05, 4.69) is 0 Å². The predicted molar refractivity (Wildman–Crippen MR) is 73.4 cm³/mol. The van der Waals surface area contributed by atoms with E-state index in [0.29, 0.717) is 17.2 Å². The first kappa shape index (κ1) is 12.7. The van der Waals surface area contributed by atoms with Gasteiger partial charge in [-0.25, -0.2) is 0 Å². The fourth-order valence-electron chi connectivity index (χ4n) is 1.71. The van der Waals surface area contributed by atoms with Gasteiger partial charge in [0.2, 0.25) is 0 Å². The van der Waals surface area contributed by atoms with Gasteiger partial charge in [0.1, 0.15) is 5.75 Å². The summed E-state index contributed by atoms with van der Waals surface area (Å²) in [4.78, 5) is 10.7. The van der Waals surface area contributed by atoms with E-state index in [1.165, 1.54) is 0 Å². The topological polar surface area (TPSA) is 26.3 Å². The zero-order valence-corrected chi connectivity index (χ0v) is 10.8. The lowest BCUT2D eigenvalue weighted by atomic mass is 10.0. The summed E-state index contributed by atoms with van der Waals surface area (Å²) in [5.41, 5.74) is 2.53. The lowest BCUT2D eigenvalue weighted by molar-refractivity contribution is 0.112. The maximum Gasteiger partial charge on any atom is 0.151 e. The molecule has 0 spiro atoms. The number of carbonyl (C=O) groups is 1. The second kappa shape index (κ2) is 5.69. The standard InChI is InChI=1S/C15H13ClO2/c1-2-18-14-7-5-11(6-8-14)12-3-4-13(10-17)15(16)9-12/h3-10H,2H2,1H3. The lowest BCUT2D eigenvalue weighted by Gasteiger charge is -2.06. The molecule has 0 aliphatic rings. The van der Waals surface area contributed by atoms with Gasteiger partial charge in [0.15, 0.2) is 6.29 Å². The fraction of sp³-hybridized carbons (Fsp3) is 0.133. The van der Waals surface area contributed by atoms with E-state index in [-0.39, 0.29) is 0 Å². The molecule has 2 aromatic carbocycles. The van der Waals surface area contributed by atoms with Gasteiger partial charge in [-0.2, -0.15) is 0 Å². The molecule has 0 radical (unpaired) electrons. The van der Waals surface area contributed by atoms with E-state index in [9.17, 15) is 4.79 Å². The number of rotatable bonds is 4. The van der Waals surface area contributed by atoms with Crippen LogP contribution >= 0.6 is 11.6 Å². The molecule has 0 fully saturated rings. The zero-order valence-electron chi connectivity index (χ0n) is 10.0. The summed E-state index contributed by atoms with van der Waals surface area (Å²) >= 11 is 6.00. The van der Waals surface area contributed by atoms with Crippen LogP contribution in [-0.2, 0) is 0 Å². The second-order valence-electron chi connectivity index (χ2n) is 3.81. The highest BCUT2D eigenvalue weighted by Gasteiger charge is 2.03. The van der Waals surface area contributed by atoms with Crippen LogP contribution in [0.2, 0.25) is 5.02 Å². The van der Waals surface area contributed by atoms with Crippen LogP contribution in [0.5, 0.6) is 5.75 Å². The first-order valence-electron chi connectivity index (χ1n) is 5.72. The largest absolute Gasteiger partial charge is 0.494 e. The smallest absolute Gasteiger partial charge is 0.151 e. The first-order valence-corrected chi connectivity index (χ1v) is 6.10. The van der Waals surface area contributed by atoms with Gasteiger partial charge in [-0.3, -0.25) is 4.79 Å². The third-order valence-corrected chi connectivity index (χ3v) is 2.95. The second-order valence-corrected chi connectivity index (χ2v) is 4.22. The SMILES string of the molecule is CCOc1ccc(-c2ccc(C=O)c(Cl)c2)cc1. The number of aldehydes is 1. The third-order valence-electron chi connectivity index (χ3n) is 2.63. The molecule has 18 heavy (non-hydrogen) atoms. The maximum atomic E-state index is 10.7. The number of carbonyl (C=O) groups excluding carboxylic acids is 1. The first-order chi connectivity index (χ1) is 8.74. The molecule has 0 atom stereocenters. The summed E-state index contributed by atoms with van der Waals surface area (Å²) in [6, 6.07) is 13.2. The van der Waals surface area contributed by atoms with Crippen LogP contribution < -0.4 is 4.74 Å². The van der Waals surface area contributed by atoms with Gasteiger partial charge < -0.3 is 4.74 Å². The normalized spacial score (nSPS) is 10.1. The Labute approximate surface area is 111 Å². The van der Waals surface area contributed by atoms with Gasteiger partial charge in [-0.05, 0) is 42.3 Å². The number of hydrogen-bond donors (Lipinski definition) is 0. The molecule has 0 amide bonds. The van der Waals surface area contributed by atoms with E-state index in [1.54, 1.807) is 12.1 Å². The minimum Gasteiger partial charge on any atom is -0.494 e. The van der Waals surface area contributed by atoms with Crippen molar-refractivity contribution < 1.29 is 9.53 Å². The molecule has 0 heterocycles. The van der Waals surface area contributed by atoms with Crippen molar-refractivity contribution in [2.24, 2.45) is 0 Å². The van der Waals surface area contributed by atoms with E-state index in [1.807, 2.05) is 37.3 Å². The molecule has 92 valence electrons. The Bertz CT molecular complexity index is 547. The number of benzene rings is 2. The Morgan fingerprint density at radius 1 is 1.11 bits per heavy atom. The van der Waals surface area contributed by atoms with E-state index in [4.69, 9.17) is 16.3 Å². The summed E-state index contributed by atoms with van der Waals surface area (Å²) in [7, 11) is 0. The van der Waals surface area contributed by atoms with E-state index in [0.717, 1.165) is 23.2 Å². The van der Waals surface area contributed by atoms with Crippen molar-refractivity contribution in [3.05, 3.63) is 53.1 Å². The lowest BCUT2D eigenvalue weighted by Crippen LogP contribution is -1.90. The Hall–Kier alpha value is -1.80. The van der Waals surface area contributed by atoms with Crippen LogP contribution in [0.15, 0.2) is 42.5 Å². The maximum absolute atomic E-state index is 10.7. The van der Waals surface area contributed by atoms with Crippen LogP contribution in [-0.4, -0.2) is 12.9 Å². The molecule has 0 unspecified atom stereocenters. The molecule has 2 rings (SSSR count). The highest BCUT2D eigenvalue weighted by molar-refractivity contribution is 6.33. The van der Waals surface area contributed by atoms with E-state index >= 15 is 0 Å². The number of halogens is 1. The van der Waals surface area contributed by atoms with Gasteiger partial charge in [-0.1, -0.05) is 29.8 Å². The molecule has 0 aromatic heterocycles. The summed E-state index contributed by atoms with van der Waals surface area (Å²) in [5.74, 6) is 0.844. The quantitative estimate of drug-likeness (QED) is 0.770. The van der Waals surface area contributed by atoms with E-state index < -0.39 is 0 Å². The van der Waals surface area contributed by atoms with Crippen LogP contribution in [0, 0.1) is 0 Å². The van der Waals surface area contributed by atoms with Crippen molar-refractivity contribution in [3.63, 3.8) is 0 Å². The van der Waals surface area contributed by atoms with Crippen molar-refractivity contribution in [2.75, 3.05) is 6.61 Å². The summed E-state index contributed by atoms with van der Waals surface area (Å²) < 4.78 is 5.38. The van der Waals surface area contributed by atoms with Crippen LogP contribution in [0.25, 0.3) is 11.1 Å². The average Bonchev–Trinajstić information content (AvgIpc) is 2.40. The third kappa shape index (κ3) is 2.71. The molecule has 3 heteroatoms. The molecule has 0 saturated heterocycles. The molecule has 0 N–H and O–H groups in total. The predicted octanol–water partition coefficient (Wildman–Crippen LogP) is 4.22. The fourth-order valence-corrected chi connectivity index (χ4v) is 1.94. The zero-order chi connectivity index (χ0) is 13.0. The summed E-state index contributed by atoms with van der Waals surface area (Å²) in [6.07, 6.45) is 0.754. The minimum absolute atomic E-state index is 0.469. The highest BCUT2D eigenvalue weighted by atomic mass is 35.5. The minimum atomic E-state index is 0.469. The Balaban J connectivity index is 2.30. The van der Waals surface area contributed by atoms with Gasteiger partial charge in [-0.15, -0.1) is 0 Å². The number of ether oxygens (including phenoxy) is 1. The van der Waals surface area contributed by atoms with Crippen molar-refractivity contribution in [1.82, 2.24) is 0 Å². The molecular formula is C15H13ClO2. The van der Waals surface area contributed by atoms with Gasteiger partial charge in [0, 0.05) is 5.56 Å². The van der Waals surface area contributed by atoms with Gasteiger partial charge in [0.25, 0.3) is 0 Å². The molecule has 0 aliphatic carbocycles. The van der Waals surface area contributed by atoms with Crippen molar-refractivity contribution >= 4 is 17.9 Å². The van der Waals surface area contributed by atoms with Crippen molar-refractivity contribution in [2.45, 2.75) is 6.92 Å². The number of hydrogen-bond acceptors (Lipinski definition) is 2. The van der Waals surface area contributed by atoms with Crippen LogP contribution in [0.1, 0.15) is 17.3 Å². The van der Waals surface area contributed by atoms with Crippen molar-refractivity contribution in [1.29, 1.82) is 0 Å². The molecule has 0 bridgehead atoms. The summed E-state index contributed by atoms with van der Waals surface area (Å²) in [5, 5.41) is 0.469. The molecule has 2 aromatic rings. The average molecular weight is 261 g/mol. The molecule has 2 nitrogen and oxygen atoms in total. The Morgan fingerprint density at radius 2 is 1.78 bits per heavy atom. The molecule has 0 saturated carbocycles. The van der Waals surface area contributed by atoms with Crippen molar-refractivity contribution in [3.8, 4) is 16.9 Å². The molecular weight excluding hydrogens is 248 g/mol. The molecule has 0 aliphatic heterocycles. The Kier molecular flexibility index (Phi) is 4.00. The van der Waals surface area contributed by atoms with Gasteiger partial charge in [0.05, 0.1) is 11.6 Å². The van der Waals surface area contributed by atoms with Crippen LogP contribution in [0.3, 0.4) is 0 Å². The highest BCUT2D eigenvalue weighted by Crippen LogP contribution is 2.26. The summed E-state index contributed by atoms with van der Waals surface area (Å²) in [6.45, 7) is 2.60.